The summed E-state index contributed by atoms with van der Waals surface area (Å²) in [5.74, 6) is 0.121. The summed E-state index contributed by atoms with van der Waals surface area (Å²) in [5, 5.41) is 4.07. The zero-order chi connectivity index (χ0) is 14.1. The third-order valence-corrected chi connectivity index (χ3v) is 3.09. The molecule has 0 atom stereocenters. The average Bonchev–Trinajstić information content (AvgIpc) is 2.81. The third kappa shape index (κ3) is 2.44. The van der Waals surface area contributed by atoms with Crippen LogP contribution in [0.15, 0.2) is 42.6 Å². The van der Waals surface area contributed by atoms with Crippen molar-refractivity contribution in [1.82, 2.24) is 9.97 Å². The molecule has 0 aliphatic heterocycles. The van der Waals surface area contributed by atoms with Crippen LogP contribution in [0.25, 0.3) is 10.9 Å². The highest BCUT2D eigenvalue weighted by atomic mass is 35.5. The summed E-state index contributed by atoms with van der Waals surface area (Å²) >= 11 is 5.84. The lowest BCUT2D eigenvalue weighted by molar-refractivity contribution is 0.102. The second-order valence-electron chi connectivity index (χ2n) is 4.34. The van der Waals surface area contributed by atoms with E-state index in [1.165, 1.54) is 6.20 Å². The van der Waals surface area contributed by atoms with Crippen molar-refractivity contribution in [2.45, 2.75) is 0 Å². The van der Waals surface area contributed by atoms with E-state index >= 15 is 0 Å². The van der Waals surface area contributed by atoms with E-state index < -0.39 is 0 Å². The number of nitrogen functional groups attached to an aromatic ring is 1. The Morgan fingerprint density at radius 1 is 1.25 bits per heavy atom. The van der Waals surface area contributed by atoms with Crippen LogP contribution in [0.5, 0.6) is 0 Å². The average molecular weight is 287 g/mol. The number of amides is 1. The Kier molecular flexibility index (Phi) is 3.04. The lowest BCUT2D eigenvalue weighted by Crippen LogP contribution is -2.13. The minimum absolute atomic E-state index is 0.283. The molecule has 0 radical (unpaired) electrons. The molecule has 6 heteroatoms. The fraction of sp³-hybridized carbons (Fsp3) is 0. The molecule has 0 fully saturated rings. The first-order valence-electron chi connectivity index (χ1n) is 5.93. The number of benzene rings is 1. The van der Waals surface area contributed by atoms with Gasteiger partial charge in [-0.25, -0.2) is 4.98 Å². The topological polar surface area (TPSA) is 83.8 Å². The van der Waals surface area contributed by atoms with E-state index in [1.807, 2.05) is 6.07 Å². The van der Waals surface area contributed by atoms with Gasteiger partial charge in [-0.2, -0.15) is 0 Å². The number of hydrogen-bond acceptors (Lipinski definition) is 3. The van der Waals surface area contributed by atoms with E-state index in [0.29, 0.717) is 22.2 Å². The maximum atomic E-state index is 12.1. The molecule has 2 aromatic heterocycles. The number of aromatic amines is 1. The highest BCUT2D eigenvalue weighted by molar-refractivity contribution is 6.30. The largest absolute Gasteiger partial charge is 0.399 e. The van der Waals surface area contributed by atoms with Crippen molar-refractivity contribution in [3.05, 3.63) is 53.3 Å². The molecule has 2 heterocycles. The molecule has 0 unspecified atom stereocenters. The van der Waals surface area contributed by atoms with Crippen molar-refractivity contribution >= 4 is 39.9 Å². The van der Waals surface area contributed by atoms with Crippen LogP contribution in [0.3, 0.4) is 0 Å². The molecule has 0 spiro atoms. The van der Waals surface area contributed by atoms with E-state index in [9.17, 15) is 4.79 Å². The lowest BCUT2D eigenvalue weighted by Gasteiger charge is -2.02. The minimum Gasteiger partial charge on any atom is -0.399 e. The molecule has 3 rings (SSSR count). The monoisotopic (exact) mass is 286 g/mol. The number of carbonyl (C=O) groups excluding carboxylic acids is 1. The van der Waals surface area contributed by atoms with Crippen molar-refractivity contribution in [3.63, 3.8) is 0 Å². The molecule has 20 heavy (non-hydrogen) atoms. The van der Waals surface area contributed by atoms with E-state index in [-0.39, 0.29) is 5.91 Å². The normalized spacial score (nSPS) is 10.7. The standard InChI is InChI=1S/C14H11ClN4O/c15-9-3-4-17-13(7-9)19-14(20)12-6-8-5-10(16)1-2-11(8)18-12/h1-7,18H,16H2,(H,17,19,20). The lowest BCUT2D eigenvalue weighted by atomic mass is 10.2. The summed E-state index contributed by atoms with van der Waals surface area (Å²) in [6.45, 7) is 0. The van der Waals surface area contributed by atoms with E-state index in [0.717, 1.165) is 10.9 Å². The number of halogens is 1. The number of rotatable bonds is 2. The summed E-state index contributed by atoms with van der Waals surface area (Å²) in [6, 6.07) is 10.4. The molecular weight excluding hydrogens is 276 g/mol. The van der Waals surface area contributed by atoms with Crippen LogP contribution < -0.4 is 11.1 Å². The van der Waals surface area contributed by atoms with Gasteiger partial charge in [0.1, 0.15) is 11.5 Å². The van der Waals surface area contributed by atoms with E-state index in [4.69, 9.17) is 17.3 Å². The molecule has 0 aliphatic rings. The maximum Gasteiger partial charge on any atom is 0.273 e. The van der Waals surface area contributed by atoms with Gasteiger partial charge in [0.25, 0.3) is 5.91 Å². The molecule has 5 nitrogen and oxygen atoms in total. The van der Waals surface area contributed by atoms with Gasteiger partial charge in [-0.3, -0.25) is 4.79 Å². The van der Waals surface area contributed by atoms with E-state index in [1.54, 1.807) is 30.3 Å². The summed E-state index contributed by atoms with van der Waals surface area (Å²) in [4.78, 5) is 19.2. The molecule has 1 amide bonds. The van der Waals surface area contributed by atoms with Crippen LogP contribution in [0.1, 0.15) is 10.5 Å². The number of nitrogens with two attached hydrogens (primary N) is 1. The van der Waals surface area contributed by atoms with Crippen LogP contribution in [-0.2, 0) is 0 Å². The second kappa shape index (κ2) is 4.86. The first-order valence-corrected chi connectivity index (χ1v) is 6.31. The molecule has 4 N–H and O–H groups in total. The number of pyridine rings is 1. The number of anilines is 2. The smallest absolute Gasteiger partial charge is 0.273 e. The number of aromatic nitrogens is 2. The van der Waals surface area contributed by atoms with Gasteiger partial charge in [0.2, 0.25) is 0 Å². The number of hydrogen-bond donors (Lipinski definition) is 3. The van der Waals surface area contributed by atoms with Gasteiger partial charge in [-0.15, -0.1) is 0 Å². The summed E-state index contributed by atoms with van der Waals surface area (Å²) < 4.78 is 0. The van der Waals surface area contributed by atoms with Crippen molar-refractivity contribution in [2.75, 3.05) is 11.1 Å². The summed E-state index contributed by atoms with van der Waals surface area (Å²) in [7, 11) is 0. The molecule has 0 bridgehead atoms. The van der Waals surface area contributed by atoms with Crippen LogP contribution in [0.4, 0.5) is 11.5 Å². The first-order chi connectivity index (χ1) is 9.61. The Bertz CT molecular complexity index is 797. The number of H-pyrrole nitrogens is 1. The van der Waals surface area contributed by atoms with Gasteiger partial charge < -0.3 is 16.0 Å². The van der Waals surface area contributed by atoms with Gasteiger partial charge in [-0.05, 0) is 36.4 Å². The first kappa shape index (κ1) is 12.5. The zero-order valence-electron chi connectivity index (χ0n) is 10.4. The Balaban J connectivity index is 1.88. The number of fused-ring (bicyclic) bond motifs is 1. The molecule has 0 saturated carbocycles. The Hall–Kier alpha value is -2.53. The van der Waals surface area contributed by atoms with Gasteiger partial charge in [-0.1, -0.05) is 11.6 Å². The van der Waals surface area contributed by atoms with Gasteiger partial charge in [0, 0.05) is 27.8 Å². The van der Waals surface area contributed by atoms with Crippen LogP contribution in [0, 0.1) is 0 Å². The van der Waals surface area contributed by atoms with Crippen molar-refractivity contribution in [1.29, 1.82) is 0 Å². The van der Waals surface area contributed by atoms with Crippen LogP contribution >= 0.6 is 11.6 Å². The maximum absolute atomic E-state index is 12.1. The molecule has 0 aliphatic carbocycles. The van der Waals surface area contributed by atoms with Crippen molar-refractivity contribution in [2.24, 2.45) is 0 Å². The predicted octanol–water partition coefficient (Wildman–Crippen LogP) is 3.05. The van der Waals surface area contributed by atoms with Crippen LogP contribution in [0.2, 0.25) is 5.02 Å². The highest BCUT2D eigenvalue weighted by Gasteiger charge is 2.10. The quantitative estimate of drug-likeness (QED) is 0.633. The summed E-state index contributed by atoms with van der Waals surface area (Å²) in [5.41, 5.74) is 7.65. The Labute approximate surface area is 119 Å². The SMILES string of the molecule is Nc1ccc2[nH]c(C(=O)Nc3cc(Cl)ccn3)cc2c1. The van der Waals surface area contributed by atoms with Crippen molar-refractivity contribution < 1.29 is 4.79 Å². The predicted molar refractivity (Wildman–Crippen MR) is 79.9 cm³/mol. The number of nitrogens with zero attached hydrogens (tertiary/aromatic N) is 1. The molecule has 1 aromatic carbocycles. The second-order valence-corrected chi connectivity index (χ2v) is 4.78. The molecule has 100 valence electrons. The zero-order valence-corrected chi connectivity index (χ0v) is 11.1. The minimum atomic E-state index is -0.283. The molecule has 3 aromatic rings. The number of nitrogens with one attached hydrogen (secondary N) is 2. The van der Waals surface area contributed by atoms with Crippen LogP contribution in [-0.4, -0.2) is 15.9 Å². The fourth-order valence-electron chi connectivity index (χ4n) is 1.93. The van der Waals surface area contributed by atoms with Gasteiger partial charge >= 0.3 is 0 Å². The van der Waals surface area contributed by atoms with E-state index in [2.05, 4.69) is 15.3 Å². The Morgan fingerprint density at radius 3 is 2.90 bits per heavy atom. The highest BCUT2D eigenvalue weighted by Crippen LogP contribution is 2.19. The van der Waals surface area contributed by atoms with Crippen molar-refractivity contribution in [3.8, 4) is 0 Å². The fourth-order valence-corrected chi connectivity index (χ4v) is 2.09. The van der Waals surface area contributed by atoms with Gasteiger partial charge in [0.15, 0.2) is 0 Å². The van der Waals surface area contributed by atoms with Gasteiger partial charge in [0.05, 0.1) is 0 Å². The summed E-state index contributed by atoms with van der Waals surface area (Å²) in [6.07, 6.45) is 1.53. The third-order valence-electron chi connectivity index (χ3n) is 2.85. The Morgan fingerprint density at radius 2 is 2.10 bits per heavy atom. The molecular formula is C14H11ClN4O. The molecule has 0 saturated heterocycles. The number of carbonyl (C=O) groups is 1.